The van der Waals surface area contributed by atoms with Crippen LogP contribution in [-0.2, 0) is 11.3 Å². The summed E-state index contributed by atoms with van der Waals surface area (Å²) < 4.78 is 37.4. The van der Waals surface area contributed by atoms with Crippen molar-refractivity contribution >= 4 is 21.9 Å². The van der Waals surface area contributed by atoms with Crippen LogP contribution in [0.1, 0.15) is 35.3 Å². The van der Waals surface area contributed by atoms with Gasteiger partial charge in [0.05, 0.1) is 6.61 Å². The summed E-state index contributed by atoms with van der Waals surface area (Å²) in [6.45, 7) is 1.59. The number of hydrogen-bond donors (Lipinski definition) is 0. The molecule has 2 aromatic rings. The fraction of sp³-hybridized carbons (Fsp3) is 0.364. The Labute approximate surface area is 120 Å². The molecule has 2 aromatic heterocycles. The number of hydrogen-bond acceptors (Lipinski definition) is 5. The van der Waals surface area contributed by atoms with E-state index in [1.165, 1.54) is 0 Å². The van der Waals surface area contributed by atoms with Crippen molar-refractivity contribution in [1.29, 1.82) is 0 Å². The fourth-order valence-corrected chi connectivity index (χ4v) is 1.92. The first-order chi connectivity index (χ1) is 9.52. The summed E-state index contributed by atoms with van der Waals surface area (Å²) >= 11 is 3.11. The van der Waals surface area contributed by atoms with Gasteiger partial charge in [-0.15, -0.1) is 5.10 Å². The molecule has 0 atom stereocenters. The Morgan fingerprint density at radius 1 is 1.55 bits per heavy atom. The summed E-state index contributed by atoms with van der Waals surface area (Å²) in [6.07, 6.45) is -2.90. The van der Waals surface area contributed by atoms with E-state index in [9.17, 15) is 13.6 Å². The van der Waals surface area contributed by atoms with Crippen LogP contribution in [0, 0.1) is 0 Å². The van der Waals surface area contributed by atoms with Gasteiger partial charge >= 0.3 is 5.97 Å². The maximum atomic E-state index is 13.1. The molecule has 0 spiro atoms. The van der Waals surface area contributed by atoms with Crippen LogP contribution in [0.15, 0.2) is 21.2 Å². The first-order valence-corrected chi connectivity index (χ1v) is 6.45. The van der Waals surface area contributed by atoms with Gasteiger partial charge in [0.25, 0.3) is 6.43 Å². The molecule has 108 valence electrons. The van der Waals surface area contributed by atoms with Gasteiger partial charge in [-0.2, -0.15) is 0 Å². The number of furan rings is 1. The molecule has 0 aliphatic carbocycles. The second-order valence-corrected chi connectivity index (χ2v) is 4.49. The van der Waals surface area contributed by atoms with Gasteiger partial charge in [-0.25, -0.2) is 18.3 Å². The van der Waals surface area contributed by atoms with E-state index in [2.05, 4.69) is 31.0 Å². The number of alkyl halides is 2. The number of aromatic nitrogens is 3. The average Bonchev–Trinajstić information content (AvgIpc) is 2.96. The lowest BCUT2D eigenvalue weighted by molar-refractivity contribution is 0.0506. The topological polar surface area (TPSA) is 70.2 Å². The van der Waals surface area contributed by atoms with Crippen LogP contribution >= 0.6 is 15.9 Å². The highest BCUT2D eigenvalue weighted by Crippen LogP contribution is 2.23. The zero-order chi connectivity index (χ0) is 14.7. The minimum absolute atomic E-state index is 0.0579. The highest BCUT2D eigenvalue weighted by atomic mass is 79.9. The predicted molar refractivity (Wildman–Crippen MR) is 66.4 cm³/mol. The van der Waals surface area contributed by atoms with Crippen molar-refractivity contribution in [2.45, 2.75) is 19.9 Å². The molecule has 20 heavy (non-hydrogen) atoms. The number of nitrogens with zero attached hydrogens (tertiary/aromatic N) is 3. The normalized spacial score (nSPS) is 11.1. The molecule has 0 fully saturated rings. The lowest BCUT2D eigenvalue weighted by Crippen LogP contribution is -2.12. The standard InChI is InChI=1S/C11H10BrF2N3O3/c1-2-19-11(18)8-9(10(13)14)17(16-15-8)5-6-3-4-7(12)20-6/h3-4,10H,2,5H2,1H3. The lowest BCUT2D eigenvalue weighted by Gasteiger charge is -2.05. The second-order valence-electron chi connectivity index (χ2n) is 3.71. The minimum atomic E-state index is -2.90. The Balaban J connectivity index is 2.31. The molecule has 2 heterocycles. The number of esters is 1. The number of carbonyl (C=O) groups is 1. The molecule has 0 bridgehead atoms. The Kier molecular flexibility index (Phi) is 4.48. The van der Waals surface area contributed by atoms with E-state index in [1.54, 1.807) is 19.1 Å². The molecule has 0 saturated carbocycles. The van der Waals surface area contributed by atoms with Crippen LogP contribution in [0.3, 0.4) is 0 Å². The van der Waals surface area contributed by atoms with Gasteiger partial charge in [-0.05, 0) is 35.0 Å². The monoisotopic (exact) mass is 349 g/mol. The van der Waals surface area contributed by atoms with E-state index in [0.29, 0.717) is 10.4 Å². The van der Waals surface area contributed by atoms with E-state index in [1.807, 2.05) is 0 Å². The SMILES string of the molecule is CCOC(=O)c1nnn(Cc2ccc(Br)o2)c1C(F)F. The van der Waals surface area contributed by atoms with Gasteiger partial charge in [0.2, 0.25) is 0 Å². The smallest absolute Gasteiger partial charge is 0.361 e. The number of rotatable bonds is 5. The molecule has 0 aromatic carbocycles. The summed E-state index contributed by atoms with van der Waals surface area (Å²) in [5.41, 5.74) is -1.07. The minimum Gasteiger partial charge on any atom is -0.461 e. The van der Waals surface area contributed by atoms with E-state index >= 15 is 0 Å². The summed E-state index contributed by atoms with van der Waals surface area (Å²) in [4.78, 5) is 11.5. The van der Waals surface area contributed by atoms with Gasteiger partial charge < -0.3 is 9.15 Å². The lowest BCUT2D eigenvalue weighted by atomic mass is 10.3. The average molecular weight is 350 g/mol. The molecule has 0 unspecified atom stereocenters. The molecule has 9 heteroatoms. The van der Waals surface area contributed by atoms with Crippen molar-refractivity contribution in [3.05, 3.63) is 34.0 Å². The summed E-state index contributed by atoms with van der Waals surface area (Å²) in [5.74, 6) is -0.520. The first-order valence-electron chi connectivity index (χ1n) is 5.65. The Morgan fingerprint density at radius 3 is 2.85 bits per heavy atom. The second kappa shape index (κ2) is 6.12. The van der Waals surface area contributed by atoms with Gasteiger partial charge in [0.1, 0.15) is 18.0 Å². The number of carbonyl (C=O) groups excluding carboxylic acids is 1. The fourth-order valence-electron chi connectivity index (χ4n) is 1.58. The molecule has 2 rings (SSSR count). The first kappa shape index (κ1) is 14.6. The number of ether oxygens (including phenoxy) is 1. The van der Waals surface area contributed by atoms with Crippen LogP contribution in [0.4, 0.5) is 8.78 Å². The van der Waals surface area contributed by atoms with Crippen LogP contribution < -0.4 is 0 Å². The van der Waals surface area contributed by atoms with E-state index < -0.39 is 23.8 Å². The molecule has 0 aliphatic heterocycles. The Morgan fingerprint density at radius 2 is 2.30 bits per heavy atom. The molecular weight excluding hydrogens is 340 g/mol. The quantitative estimate of drug-likeness (QED) is 0.776. The molecule has 6 nitrogen and oxygen atoms in total. The molecule has 0 saturated heterocycles. The number of halogens is 3. The summed E-state index contributed by atoms with van der Waals surface area (Å²) in [5, 5.41) is 7.02. The zero-order valence-electron chi connectivity index (χ0n) is 10.3. The molecule has 0 aliphatic rings. The van der Waals surface area contributed by atoms with Crippen molar-refractivity contribution in [2.75, 3.05) is 6.61 Å². The third-order valence-electron chi connectivity index (χ3n) is 2.38. The highest BCUT2D eigenvalue weighted by molar-refractivity contribution is 9.10. The highest BCUT2D eigenvalue weighted by Gasteiger charge is 2.27. The van der Waals surface area contributed by atoms with Crippen molar-refractivity contribution in [3.63, 3.8) is 0 Å². The summed E-state index contributed by atoms with van der Waals surface area (Å²) in [7, 11) is 0. The Hall–Kier alpha value is -1.77. The van der Waals surface area contributed by atoms with Crippen molar-refractivity contribution in [2.24, 2.45) is 0 Å². The van der Waals surface area contributed by atoms with Crippen molar-refractivity contribution in [1.82, 2.24) is 15.0 Å². The molecule has 0 N–H and O–H groups in total. The van der Waals surface area contributed by atoms with Crippen LogP contribution in [0.2, 0.25) is 0 Å². The largest absolute Gasteiger partial charge is 0.461 e. The maximum Gasteiger partial charge on any atom is 0.361 e. The molecule has 0 amide bonds. The third kappa shape index (κ3) is 3.03. The van der Waals surface area contributed by atoms with E-state index in [-0.39, 0.29) is 13.2 Å². The molecule has 0 radical (unpaired) electrons. The van der Waals surface area contributed by atoms with Gasteiger partial charge in [-0.1, -0.05) is 5.21 Å². The predicted octanol–water partition coefficient (Wildman–Crippen LogP) is 2.80. The van der Waals surface area contributed by atoms with Gasteiger partial charge in [0.15, 0.2) is 10.4 Å². The Bertz CT molecular complexity index is 612. The van der Waals surface area contributed by atoms with E-state index in [0.717, 1.165) is 4.68 Å². The van der Waals surface area contributed by atoms with Crippen molar-refractivity contribution < 1.29 is 22.7 Å². The van der Waals surface area contributed by atoms with E-state index in [4.69, 9.17) is 4.42 Å². The van der Waals surface area contributed by atoms with Crippen LogP contribution in [-0.4, -0.2) is 27.6 Å². The zero-order valence-corrected chi connectivity index (χ0v) is 11.9. The summed E-state index contributed by atoms with van der Waals surface area (Å²) in [6, 6.07) is 3.23. The van der Waals surface area contributed by atoms with Crippen LogP contribution in [0.25, 0.3) is 0 Å². The third-order valence-corrected chi connectivity index (χ3v) is 2.81. The molecular formula is C11H10BrF2N3O3. The van der Waals surface area contributed by atoms with Gasteiger partial charge in [0, 0.05) is 0 Å². The van der Waals surface area contributed by atoms with Crippen molar-refractivity contribution in [3.8, 4) is 0 Å². The maximum absolute atomic E-state index is 13.1. The van der Waals surface area contributed by atoms with Crippen LogP contribution in [0.5, 0.6) is 0 Å². The van der Waals surface area contributed by atoms with Gasteiger partial charge in [-0.3, -0.25) is 0 Å².